The van der Waals surface area contributed by atoms with Gasteiger partial charge in [-0.1, -0.05) is 36.9 Å². The van der Waals surface area contributed by atoms with Gasteiger partial charge in [-0.3, -0.25) is 4.79 Å². The van der Waals surface area contributed by atoms with E-state index in [9.17, 15) is 4.79 Å². The minimum absolute atomic E-state index is 0.0360. The Balaban J connectivity index is 1.49. The third kappa shape index (κ3) is 5.09. The molecule has 34 heavy (non-hydrogen) atoms. The third-order valence-corrected chi connectivity index (χ3v) is 6.62. The summed E-state index contributed by atoms with van der Waals surface area (Å²) < 4.78 is 31.8. The highest BCUT2D eigenvalue weighted by atomic mass is 19.1. The molecule has 178 valence electrons. The fourth-order valence-electron chi connectivity index (χ4n) is 4.78. The average molecular weight is 463 g/mol. The first-order chi connectivity index (χ1) is 16.4. The van der Waals surface area contributed by atoms with Crippen LogP contribution in [0.2, 0.25) is 0 Å². The molecule has 2 atom stereocenters. The van der Waals surface area contributed by atoms with Crippen molar-refractivity contribution in [1.82, 2.24) is 0 Å². The van der Waals surface area contributed by atoms with Crippen LogP contribution in [-0.2, 0) is 9.53 Å². The number of allylic oxidation sites excluding steroid dienone is 3. The zero-order valence-corrected chi connectivity index (χ0v) is 20.0. The Kier molecular flexibility index (Phi) is 7.20. The molecule has 4 nitrogen and oxygen atoms in total. The summed E-state index contributed by atoms with van der Waals surface area (Å²) in [6, 6.07) is 11.8. The van der Waals surface area contributed by atoms with Crippen LogP contribution in [0.1, 0.15) is 53.9 Å². The van der Waals surface area contributed by atoms with Crippen molar-refractivity contribution < 1.29 is 23.4 Å². The molecule has 0 amide bonds. The molecule has 1 heterocycles. The Bertz CT molecular complexity index is 1140. The summed E-state index contributed by atoms with van der Waals surface area (Å²) in [4.78, 5) is 11.7. The van der Waals surface area contributed by atoms with Gasteiger partial charge in [0.05, 0.1) is 20.1 Å². The fourth-order valence-corrected chi connectivity index (χ4v) is 4.78. The quantitative estimate of drug-likeness (QED) is 0.460. The smallest absolute Gasteiger partial charge is 0.306 e. The van der Waals surface area contributed by atoms with Gasteiger partial charge in [0, 0.05) is 23.1 Å². The second-order valence-electron chi connectivity index (χ2n) is 8.99. The lowest BCUT2D eigenvalue weighted by Gasteiger charge is -2.21. The normalized spacial score (nSPS) is 23.2. The molecular weight excluding hydrogens is 431 g/mol. The van der Waals surface area contributed by atoms with Gasteiger partial charge in [0.1, 0.15) is 23.4 Å². The number of carbonyl (C=O) groups is 1. The van der Waals surface area contributed by atoms with Gasteiger partial charge in [-0.05, 0) is 67.5 Å². The zero-order valence-electron chi connectivity index (χ0n) is 20.0. The summed E-state index contributed by atoms with van der Waals surface area (Å²) in [6.45, 7) is 8.60. The number of hydrogen-bond donors (Lipinski definition) is 0. The number of ether oxygens (including phenoxy) is 3. The molecule has 0 spiro atoms. The molecule has 1 aliphatic heterocycles. The number of methoxy groups -OCH3 is 1. The van der Waals surface area contributed by atoms with Gasteiger partial charge in [-0.25, -0.2) is 4.39 Å². The molecule has 0 radical (unpaired) electrons. The van der Waals surface area contributed by atoms with Crippen molar-refractivity contribution >= 4 is 11.5 Å². The lowest BCUT2D eigenvalue weighted by Crippen LogP contribution is -2.19. The van der Waals surface area contributed by atoms with Crippen LogP contribution in [-0.4, -0.2) is 25.8 Å². The molecule has 0 saturated heterocycles. The molecule has 2 aliphatic rings. The van der Waals surface area contributed by atoms with E-state index in [1.807, 2.05) is 30.3 Å². The summed E-state index contributed by atoms with van der Waals surface area (Å²) in [5.41, 5.74) is 5.99. The summed E-state index contributed by atoms with van der Waals surface area (Å²) in [7, 11) is 1.38. The molecule has 0 N–H and O–H groups in total. The van der Waals surface area contributed by atoms with E-state index in [4.69, 9.17) is 14.2 Å². The minimum Gasteiger partial charge on any atom is -0.492 e. The van der Waals surface area contributed by atoms with Crippen molar-refractivity contribution in [2.45, 2.75) is 51.6 Å². The number of fused-ring (bicyclic) bond motifs is 1. The SMILES string of the molecule is C=C1/C(F)=C\C=C(\c2c(C)cccc2C)CCC[C@H]1Oc1ccc2c(c1)OC[C@H]2CC(=O)OC. The van der Waals surface area contributed by atoms with Crippen LogP contribution in [0.25, 0.3) is 5.57 Å². The van der Waals surface area contributed by atoms with Crippen molar-refractivity contribution in [3.05, 3.63) is 88.8 Å². The summed E-state index contributed by atoms with van der Waals surface area (Å²) in [5.74, 6) is 0.616. The fraction of sp³-hybridized carbons (Fsp3) is 0.345. The van der Waals surface area contributed by atoms with E-state index in [2.05, 4.69) is 32.6 Å². The topological polar surface area (TPSA) is 44.8 Å². The molecule has 1 aliphatic carbocycles. The second-order valence-corrected chi connectivity index (χ2v) is 8.99. The molecule has 0 fully saturated rings. The number of rotatable bonds is 5. The van der Waals surface area contributed by atoms with Gasteiger partial charge in [-0.15, -0.1) is 0 Å². The van der Waals surface area contributed by atoms with E-state index in [0.29, 0.717) is 30.1 Å². The van der Waals surface area contributed by atoms with Crippen LogP contribution < -0.4 is 9.47 Å². The maximum Gasteiger partial charge on any atom is 0.306 e. The van der Waals surface area contributed by atoms with Crippen molar-refractivity contribution in [2.24, 2.45) is 0 Å². The number of hydrogen-bond acceptors (Lipinski definition) is 4. The van der Waals surface area contributed by atoms with Crippen molar-refractivity contribution in [1.29, 1.82) is 0 Å². The number of esters is 1. The predicted molar refractivity (Wildman–Crippen MR) is 132 cm³/mol. The molecular formula is C29H31FO4. The first-order valence-corrected chi connectivity index (χ1v) is 11.7. The molecule has 0 bridgehead atoms. The van der Waals surface area contributed by atoms with Crippen molar-refractivity contribution in [3.8, 4) is 11.5 Å². The van der Waals surface area contributed by atoms with E-state index >= 15 is 4.39 Å². The van der Waals surface area contributed by atoms with E-state index in [1.165, 1.54) is 29.9 Å². The van der Waals surface area contributed by atoms with E-state index in [-0.39, 0.29) is 24.1 Å². The van der Waals surface area contributed by atoms with Crippen LogP contribution in [0.4, 0.5) is 4.39 Å². The van der Waals surface area contributed by atoms with Gasteiger partial charge >= 0.3 is 5.97 Å². The van der Waals surface area contributed by atoms with Crippen LogP contribution in [0.5, 0.6) is 11.5 Å². The van der Waals surface area contributed by atoms with E-state index in [0.717, 1.165) is 24.0 Å². The number of aryl methyl sites for hydroxylation is 2. The minimum atomic E-state index is -0.479. The van der Waals surface area contributed by atoms with Gasteiger partial charge in [0.25, 0.3) is 0 Å². The third-order valence-electron chi connectivity index (χ3n) is 6.62. The number of benzene rings is 2. The summed E-state index contributed by atoms with van der Waals surface area (Å²) >= 11 is 0. The zero-order chi connectivity index (χ0) is 24.2. The van der Waals surface area contributed by atoms with Gasteiger partial charge in [0.15, 0.2) is 0 Å². The molecule has 2 aromatic carbocycles. The second kappa shape index (κ2) is 10.3. The average Bonchev–Trinajstić information content (AvgIpc) is 3.23. The van der Waals surface area contributed by atoms with E-state index < -0.39 is 6.10 Å². The Morgan fingerprint density at radius 1 is 1.18 bits per heavy atom. The predicted octanol–water partition coefficient (Wildman–Crippen LogP) is 6.77. The lowest BCUT2D eigenvalue weighted by molar-refractivity contribution is -0.141. The van der Waals surface area contributed by atoms with Gasteiger partial charge in [-0.2, -0.15) is 0 Å². The van der Waals surface area contributed by atoms with E-state index in [1.54, 1.807) is 0 Å². The van der Waals surface area contributed by atoms with Crippen molar-refractivity contribution in [2.75, 3.05) is 13.7 Å². The first-order valence-electron chi connectivity index (χ1n) is 11.7. The summed E-state index contributed by atoms with van der Waals surface area (Å²) in [6.07, 6.45) is 5.49. The molecule has 0 saturated carbocycles. The highest BCUT2D eigenvalue weighted by Crippen LogP contribution is 2.39. The molecule has 0 unspecified atom stereocenters. The van der Waals surface area contributed by atoms with Gasteiger partial charge in [0.2, 0.25) is 0 Å². The van der Waals surface area contributed by atoms with Crippen LogP contribution in [0.3, 0.4) is 0 Å². The number of halogens is 1. The van der Waals surface area contributed by atoms with Crippen LogP contribution in [0, 0.1) is 13.8 Å². The Morgan fingerprint density at radius 2 is 1.94 bits per heavy atom. The maximum atomic E-state index is 15.0. The monoisotopic (exact) mass is 462 g/mol. The number of carbonyl (C=O) groups excluding carboxylic acids is 1. The molecule has 4 rings (SSSR count). The highest BCUT2D eigenvalue weighted by Gasteiger charge is 2.28. The van der Waals surface area contributed by atoms with Gasteiger partial charge < -0.3 is 14.2 Å². The molecule has 0 aromatic heterocycles. The maximum absolute atomic E-state index is 15.0. The Hall–Kier alpha value is -3.34. The Labute approximate surface area is 200 Å². The van der Waals surface area contributed by atoms with Crippen molar-refractivity contribution in [3.63, 3.8) is 0 Å². The Morgan fingerprint density at radius 3 is 2.68 bits per heavy atom. The summed E-state index contributed by atoms with van der Waals surface area (Å²) in [5, 5.41) is 0. The lowest BCUT2D eigenvalue weighted by atomic mass is 9.92. The molecule has 5 heteroatoms. The van der Waals surface area contributed by atoms with Crippen LogP contribution in [0.15, 0.2) is 66.5 Å². The highest BCUT2D eigenvalue weighted by molar-refractivity contribution is 5.72. The first kappa shape index (κ1) is 23.8. The van der Waals surface area contributed by atoms with Crippen LogP contribution >= 0.6 is 0 Å². The largest absolute Gasteiger partial charge is 0.492 e. The molecule has 2 aromatic rings. The standard InChI is InChI=1S/C29H31FO4/c1-18-7-5-8-19(2)29(18)21-9-6-10-26(20(3)25(30)14-11-21)34-23-12-13-24-22(15-28(31)32-4)17-33-27(24)16-23/h5,7-8,11-14,16,22,26H,3,6,9-10,15,17H2,1-2,4H3/b21-11+,25-14+/t22-,26-/m1/s1.